The number of hydrogen-bond donors (Lipinski definition) is 1. The van der Waals surface area contributed by atoms with Gasteiger partial charge in [0.25, 0.3) is 5.91 Å². The first-order chi connectivity index (χ1) is 7.56. The Morgan fingerprint density at radius 2 is 2.00 bits per heavy atom. The van der Waals surface area contributed by atoms with Gasteiger partial charge in [-0.15, -0.1) is 0 Å². The second-order valence-corrected chi connectivity index (χ2v) is 3.26. The van der Waals surface area contributed by atoms with Crippen molar-refractivity contribution in [2.45, 2.75) is 0 Å². The van der Waals surface area contributed by atoms with Gasteiger partial charge in [0.15, 0.2) is 0 Å². The standard InChI is InChI=1S/C11H13NO4/c1-12(7-10(13)14)11(15)8-5-3-4-6-9(8)16-2/h3-6H,7H2,1-2H3,(H,13,14). The second kappa shape index (κ2) is 5.16. The maximum atomic E-state index is 11.8. The first kappa shape index (κ1) is 12.0. The molecule has 0 aromatic heterocycles. The van der Waals surface area contributed by atoms with Crippen LogP contribution in [0.15, 0.2) is 24.3 Å². The molecule has 0 radical (unpaired) electrons. The highest BCUT2D eigenvalue weighted by Crippen LogP contribution is 2.18. The molecule has 0 aliphatic carbocycles. The Morgan fingerprint density at radius 1 is 1.38 bits per heavy atom. The molecule has 0 unspecified atom stereocenters. The van der Waals surface area contributed by atoms with Gasteiger partial charge in [-0.2, -0.15) is 0 Å². The van der Waals surface area contributed by atoms with Crippen molar-refractivity contribution in [1.82, 2.24) is 4.90 Å². The zero-order valence-electron chi connectivity index (χ0n) is 9.14. The van der Waals surface area contributed by atoms with E-state index in [0.717, 1.165) is 4.90 Å². The minimum atomic E-state index is -1.05. The molecule has 0 bridgehead atoms. The molecule has 0 heterocycles. The largest absolute Gasteiger partial charge is 0.496 e. The van der Waals surface area contributed by atoms with Crippen molar-refractivity contribution in [3.05, 3.63) is 29.8 Å². The molecular formula is C11H13NO4. The molecule has 0 saturated heterocycles. The molecule has 1 aromatic carbocycles. The van der Waals surface area contributed by atoms with Crippen molar-refractivity contribution in [1.29, 1.82) is 0 Å². The number of benzene rings is 1. The number of aliphatic carboxylic acids is 1. The Hall–Kier alpha value is -2.04. The van der Waals surface area contributed by atoms with E-state index in [0.29, 0.717) is 11.3 Å². The number of methoxy groups -OCH3 is 1. The van der Waals surface area contributed by atoms with Crippen LogP contribution in [-0.4, -0.2) is 42.6 Å². The molecule has 5 heteroatoms. The van der Waals surface area contributed by atoms with Crippen LogP contribution in [0.3, 0.4) is 0 Å². The van der Waals surface area contributed by atoms with Crippen LogP contribution in [0.25, 0.3) is 0 Å². The van der Waals surface area contributed by atoms with Crippen LogP contribution >= 0.6 is 0 Å². The lowest BCUT2D eigenvalue weighted by molar-refractivity contribution is -0.137. The van der Waals surface area contributed by atoms with E-state index in [1.54, 1.807) is 24.3 Å². The minimum absolute atomic E-state index is 0.336. The molecule has 86 valence electrons. The lowest BCUT2D eigenvalue weighted by Gasteiger charge is -2.16. The molecule has 0 saturated carbocycles. The Labute approximate surface area is 93.2 Å². The molecule has 1 aromatic rings. The number of carbonyl (C=O) groups excluding carboxylic acids is 1. The van der Waals surface area contributed by atoms with Gasteiger partial charge in [-0.1, -0.05) is 12.1 Å². The molecule has 16 heavy (non-hydrogen) atoms. The minimum Gasteiger partial charge on any atom is -0.496 e. The van der Waals surface area contributed by atoms with Gasteiger partial charge in [0.05, 0.1) is 12.7 Å². The summed E-state index contributed by atoms with van der Waals surface area (Å²) in [6.45, 7) is -0.336. The Morgan fingerprint density at radius 3 is 2.56 bits per heavy atom. The quantitative estimate of drug-likeness (QED) is 0.821. The summed E-state index contributed by atoms with van der Waals surface area (Å²) >= 11 is 0. The SMILES string of the molecule is COc1ccccc1C(=O)N(C)CC(=O)O. The van der Waals surface area contributed by atoms with E-state index in [1.165, 1.54) is 14.2 Å². The molecule has 1 rings (SSSR count). The fourth-order valence-electron chi connectivity index (χ4n) is 1.30. The number of rotatable bonds is 4. The highest BCUT2D eigenvalue weighted by atomic mass is 16.5. The van der Waals surface area contributed by atoms with Gasteiger partial charge in [0, 0.05) is 7.05 Å². The Kier molecular flexibility index (Phi) is 3.88. The van der Waals surface area contributed by atoms with Crippen molar-refractivity contribution in [2.75, 3.05) is 20.7 Å². The van der Waals surface area contributed by atoms with Gasteiger partial charge in [-0.25, -0.2) is 0 Å². The van der Waals surface area contributed by atoms with E-state index in [9.17, 15) is 9.59 Å². The average Bonchev–Trinajstić information content (AvgIpc) is 2.27. The van der Waals surface area contributed by atoms with Crippen molar-refractivity contribution >= 4 is 11.9 Å². The first-order valence-electron chi connectivity index (χ1n) is 4.66. The summed E-state index contributed by atoms with van der Waals surface area (Å²) in [5.74, 6) is -0.990. The van der Waals surface area contributed by atoms with Crippen molar-refractivity contribution in [3.8, 4) is 5.75 Å². The Bertz CT molecular complexity index is 403. The number of nitrogens with zero attached hydrogens (tertiary/aromatic N) is 1. The van der Waals surface area contributed by atoms with E-state index >= 15 is 0 Å². The number of carboxylic acid groups (broad SMARTS) is 1. The smallest absolute Gasteiger partial charge is 0.323 e. The third kappa shape index (κ3) is 2.73. The highest BCUT2D eigenvalue weighted by molar-refractivity contribution is 5.98. The van der Waals surface area contributed by atoms with E-state index in [-0.39, 0.29) is 12.5 Å². The molecule has 0 fully saturated rings. The third-order valence-electron chi connectivity index (χ3n) is 2.06. The van der Waals surface area contributed by atoms with Gasteiger partial charge in [-0.3, -0.25) is 9.59 Å². The molecular weight excluding hydrogens is 210 g/mol. The molecule has 0 aliphatic rings. The fourth-order valence-corrected chi connectivity index (χ4v) is 1.30. The van der Waals surface area contributed by atoms with Crippen LogP contribution in [0.2, 0.25) is 0 Å². The lowest BCUT2D eigenvalue weighted by Crippen LogP contribution is -2.32. The second-order valence-electron chi connectivity index (χ2n) is 3.26. The lowest BCUT2D eigenvalue weighted by atomic mass is 10.2. The van der Waals surface area contributed by atoms with Crippen molar-refractivity contribution in [3.63, 3.8) is 0 Å². The summed E-state index contributed by atoms with van der Waals surface area (Å²) in [6.07, 6.45) is 0. The van der Waals surface area contributed by atoms with Crippen LogP contribution in [0.1, 0.15) is 10.4 Å². The number of hydrogen-bond acceptors (Lipinski definition) is 3. The number of likely N-dealkylation sites (N-methyl/N-ethyl adjacent to an activating group) is 1. The maximum absolute atomic E-state index is 11.8. The van der Waals surface area contributed by atoms with E-state index in [2.05, 4.69) is 0 Å². The zero-order valence-corrected chi connectivity index (χ0v) is 9.14. The van der Waals surface area contributed by atoms with Gasteiger partial charge in [0.1, 0.15) is 12.3 Å². The number of para-hydroxylation sites is 1. The molecule has 0 aliphatic heterocycles. The monoisotopic (exact) mass is 223 g/mol. The number of ether oxygens (including phenoxy) is 1. The van der Waals surface area contributed by atoms with Crippen LogP contribution in [0.5, 0.6) is 5.75 Å². The summed E-state index contributed by atoms with van der Waals surface area (Å²) in [5, 5.41) is 8.58. The van der Waals surface area contributed by atoms with Gasteiger partial charge >= 0.3 is 5.97 Å². The van der Waals surface area contributed by atoms with Gasteiger partial charge in [0.2, 0.25) is 0 Å². The number of carboxylic acids is 1. The molecule has 0 atom stereocenters. The summed E-state index contributed by atoms with van der Waals surface area (Å²) in [5.41, 5.74) is 0.355. The summed E-state index contributed by atoms with van der Waals surface area (Å²) in [6, 6.07) is 6.69. The number of amides is 1. The van der Waals surface area contributed by atoms with E-state index in [4.69, 9.17) is 9.84 Å². The maximum Gasteiger partial charge on any atom is 0.323 e. The molecule has 5 nitrogen and oxygen atoms in total. The zero-order chi connectivity index (χ0) is 12.1. The molecule has 0 spiro atoms. The molecule has 1 N–H and O–H groups in total. The van der Waals surface area contributed by atoms with E-state index in [1.807, 2.05) is 0 Å². The van der Waals surface area contributed by atoms with Crippen molar-refractivity contribution in [2.24, 2.45) is 0 Å². The van der Waals surface area contributed by atoms with E-state index < -0.39 is 5.97 Å². The summed E-state index contributed by atoms with van der Waals surface area (Å²) in [7, 11) is 2.90. The van der Waals surface area contributed by atoms with Gasteiger partial charge in [-0.05, 0) is 12.1 Å². The van der Waals surface area contributed by atoms with Crippen molar-refractivity contribution < 1.29 is 19.4 Å². The average molecular weight is 223 g/mol. The topological polar surface area (TPSA) is 66.8 Å². The van der Waals surface area contributed by atoms with Crippen LogP contribution in [0, 0.1) is 0 Å². The third-order valence-corrected chi connectivity index (χ3v) is 2.06. The predicted molar refractivity (Wildman–Crippen MR) is 57.6 cm³/mol. The highest BCUT2D eigenvalue weighted by Gasteiger charge is 2.17. The molecule has 1 amide bonds. The Balaban J connectivity index is 2.91. The fraction of sp³-hybridized carbons (Fsp3) is 0.273. The normalized spacial score (nSPS) is 9.62. The van der Waals surface area contributed by atoms with Crippen LogP contribution in [0.4, 0.5) is 0 Å². The van der Waals surface area contributed by atoms with Crippen LogP contribution < -0.4 is 4.74 Å². The first-order valence-corrected chi connectivity index (χ1v) is 4.66. The predicted octanol–water partition coefficient (Wildman–Crippen LogP) is 0.852. The van der Waals surface area contributed by atoms with Gasteiger partial charge < -0.3 is 14.7 Å². The number of carbonyl (C=O) groups is 2. The van der Waals surface area contributed by atoms with Crippen LogP contribution in [-0.2, 0) is 4.79 Å². The summed E-state index contributed by atoms with van der Waals surface area (Å²) in [4.78, 5) is 23.4. The summed E-state index contributed by atoms with van der Waals surface area (Å²) < 4.78 is 5.03.